The highest BCUT2D eigenvalue weighted by atomic mass is 16.6. The van der Waals surface area contributed by atoms with Gasteiger partial charge in [0, 0.05) is 6.04 Å². The number of nitrogens with zero attached hydrogens (tertiary/aromatic N) is 1. The lowest BCUT2D eigenvalue weighted by Gasteiger charge is -2.39. The van der Waals surface area contributed by atoms with Crippen molar-refractivity contribution in [1.82, 2.24) is 10.2 Å². The maximum absolute atomic E-state index is 12.5. The largest absolute Gasteiger partial charge is 0.444 e. The van der Waals surface area contributed by atoms with Crippen LogP contribution in [0, 0.1) is 0 Å². The predicted octanol–water partition coefficient (Wildman–Crippen LogP) is 2.85. The first kappa shape index (κ1) is 19.0. The van der Waals surface area contributed by atoms with Gasteiger partial charge in [-0.2, -0.15) is 0 Å². The number of hydrogen-bond acceptors (Lipinski definition) is 4. The molecule has 6 heteroatoms. The van der Waals surface area contributed by atoms with Crippen LogP contribution < -0.4 is 5.32 Å². The summed E-state index contributed by atoms with van der Waals surface area (Å²) in [4.78, 5) is 26.6. The number of carbonyl (C=O) groups excluding carboxylic acids is 2. The van der Waals surface area contributed by atoms with Crippen molar-refractivity contribution in [2.24, 2.45) is 0 Å². The first-order valence-electron chi connectivity index (χ1n) is 9.21. The number of amides is 2. The van der Waals surface area contributed by atoms with Crippen LogP contribution in [0.5, 0.6) is 0 Å². The zero-order chi connectivity index (χ0) is 17.7. The fraction of sp³-hybridized carbons (Fsp3) is 0.889. The van der Waals surface area contributed by atoms with Gasteiger partial charge in [-0.1, -0.05) is 26.2 Å². The second-order valence-corrected chi connectivity index (χ2v) is 7.86. The molecule has 6 nitrogen and oxygen atoms in total. The van der Waals surface area contributed by atoms with Gasteiger partial charge in [-0.25, -0.2) is 4.79 Å². The Bertz CT molecular complexity index is 441. The molecule has 2 amide bonds. The quantitative estimate of drug-likeness (QED) is 0.858. The first-order chi connectivity index (χ1) is 11.3. The minimum Gasteiger partial charge on any atom is -0.444 e. The average molecular weight is 340 g/mol. The predicted molar refractivity (Wildman–Crippen MR) is 91.8 cm³/mol. The molecule has 1 aliphatic carbocycles. The van der Waals surface area contributed by atoms with E-state index in [2.05, 4.69) is 5.32 Å². The Balaban J connectivity index is 1.95. The molecule has 138 valence electrons. The van der Waals surface area contributed by atoms with Crippen molar-refractivity contribution < 1.29 is 19.1 Å². The van der Waals surface area contributed by atoms with Crippen molar-refractivity contribution >= 4 is 12.0 Å². The van der Waals surface area contributed by atoms with Gasteiger partial charge in [-0.05, 0) is 40.0 Å². The summed E-state index contributed by atoms with van der Waals surface area (Å²) >= 11 is 0. The molecule has 0 aromatic carbocycles. The van der Waals surface area contributed by atoms with Crippen molar-refractivity contribution in [2.45, 2.75) is 90.0 Å². The molecule has 0 spiro atoms. The molecule has 1 N–H and O–H groups in total. The lowest BCUT2D eigenvalue weighted by molar-refractivity contribution is -0.142. The lowest BCUT2D eigenvalue weighted by Crippen LogP contribution is -2.57. The molecule has 2 fully saturated rings. The van der Waals surface area contributed by atoms with Crippen LogP contribution >= 0.6 is 0 Å². The van der Waals surface area contributed by atoms with E-state index >= 15 is 0 Å². The van der Waals surface area contributed by atoms with E-state index in [0.29, 0.717) is 6.61 Å². The summed E-state index contributed by atoms with van der Waals surface area (Å²) in [5.41, 5.74) is -0.548. The Morgan fingerprint density at radius 2 is 1.88 bits per heavy atom. The van der Waals surface area contributed by atoms with Crippen molar-refractivity contribution in [3.8, 4) is 0 Å². The van der Waals surface area contributed by atoms with Crippen molar-refractivity contribution in [1.29, 1.82) is 0 Å². The van der Waals surface area contributed by atoms with Crippen LogP contribution in [-0.2, 0) is 14.3 Å². The van der Waals surface area contributed by atoms with E-state index in [1.807, 2.05) is 27.7 Å². The maximum Gasteiger partial charge on any atom is 0.410 e. The summed E-state index contributed by atoms with van der Waals surface area (Å²) in [5, 5.41) is 3.09. The maximum atomic E-state index is 12.5. The molecule has 24 heavy (non-hydrogen) atoms. The summed E-state index contributed by atoms with van der Waals surface area (Å²) in [6, 6.07) is 0.201. The highest BCUT2D eigenvalue weighted by molar-refractivity contribution is 5.82. The number of morpholine rings is 1. The van der Waals surface area contributed by atoms with Crippen LogP contribution in [0.2, 0.25) is 0 Å². The number of rotatable bonds is 3. The number of ether oxygens (including phenoxy) is 2. The number of nitrogens with one attached hydrogen (secondary N) is 1. The third-order valence-corrected chi connectivity index (χ3v) is 4.64. The number of carbonyl (C=O) groups is 2. The molecule has 2 unspecified atom stereocenters. The SMILES string of the molecule is CCC1COC(C(=O)NC2CCCCC2)CN1C(=O)OC(C)(C)C. The molecular weight excluding hydrogens is 308 g/mol. The van der Waals surface area contributed by atoms with Gasteiger partial charge in [-0.15, -0.1) is 0 Å². The summed E-state index contributed by atoms with van der Waals surface area (Å²) in [5.74, 6) is -0.106. The van der Waals surface area contributed by atoms with Gasteiger partial charge in [0.05, 0.1) is 19.2 Å². The monoisotopic (exact) mass is 340 g/mol. The first-order valence-corrected chi connectivity index (χ1v) is 9.21. The van der Waals surface area contributed by atoms with E-state index in [4.69, 9.17) is 9.47 Å². The smallest absolute Gasteiger partial charge is 0.410 e. The van der Waals surface area contributed by atoms with Crippen LogP contribution in [0.15, 0.2) is 0 Å². The van der Waals surface area contributed by atoms with E-state index < -0.39 is 11.7 Å². The molecule has 2 atom stereocenters. The minimum absolute atomic E-state index is 0.0430. The fourth-order valence-electron chi connectivity index (χ4n) is 3.28. The lowest BCUT2D eigenvalue weighted by atomic mass is 9.95. The molecule has 1 saturated carbocycles. The minimum atomic E-state index is -0.609. The molecule has 1 saturated heterocycles. The molecule has 0 radical (unpaired) electrons. The topological polar surface area (TPSA) is 67.9 Å². The highest BCUT2D eigenvalue weighted by Crippen LogP contribution is 2.21. The zero-order valence-electron chi connectivity index (χ0n) is 15.5. The van der Waals surface area contributed by atoms with E-state index in [9.17, 15) is 9.59 Å². The third kappa shape index (κ3) is 5.36. The van der Waals surface area contributed by atoms with E-state index in [0.717, 1.165) is 19.3 Å². The normalized spacial score (nSPS) is 26.1. The van der Waals surface area contributed by atoms with Gasteiger partial charge >= 0.3 is 6.09 Å². The Morgan fingerprint density at radius 1 is 1.21 bits per heavy atom. The highest BCUT2D eigenvalue weighted by Gasteiger charge is 2.37. The molecule has 1 aliphatic heterocycles. The molecule has 0 aromatic rings. The van der Waals surface area contributed by atoms with Crippen molar-refractivity contribution in [2.75, 3.05) is 13.2 Å². The standard InChI is InChI=1S/C18H32N2O4/c1-5-14-12-23-15(11-20(14)17(22)24-18(2,3)4)16(21)19-13-9-7-6-8-10-13/h13-15H,5-12H2,1-4H3,(H,19,21). The van der Waals surface area contributed by atoms with E-state index in [1.165, 1.54) is 19.3 Å². The van der Waals surface area contributed by atoms with Crippen LogP contribution in [0.1, 0.15) is 66.2 Å². The third-order valence-electron chi connectivity index (χ3n) is 4.64. The van der Waals surface area contributed by atoms with Crippen LogP contribution in [0.3, 0.4) is 0 Å². The molecule has 0 bridgehead atoms. The van der Waals surface area contributed by atoms with Crippen LogP contribution in [0.25, 0.3) is 0 Å². The summed E-state index contributed by atoms with van der Waals surface area (Å²) in [6.45, 7) is 8.18. The van der Waals surface area contributed by atoms with Crippen LogP contribution in [-0.4, -0.2) is 53.8 Å². The molecule has 2 aliphatic rings. The Morgan fingerprint density at radius 3 is 2.46 bits per heavy atom. The zero-order valence-corrected chi connectivity index (χ0v) is 15.5. The second kappa shape index (κ2) is 8.19. The summed E-state index contributed by atoms with van der Waals surface area (Å²) in [7, 11) is 0. The van der Waals surface area contributed by atoms with Crippen molar-refractivity contribution in [3.63, 3.8) is 0 Å². The van der Waals surface area contributed by atoms with E-state index in [1.54, 1.807) is 4.90 Å². The molecule has 1 heterocycles. The molecular formula is C18H32N2O4. The van der Waals surface area contributed by atoms with Gasteiger partial charge in [-0.3, -0.25) is 9.69 Å². The van der Waals surface area contributed by atoms with Gasteiger partial charge in [0.2, 0.25) is 0 Å². The Kier molecular flexibility index (Phi) is 6.49. The van der Waals surface area contributed by atoms with Crippen LogP contribution in [0.4, 0.5) is 4.79 Å². The number of hydrogen-bond donors (Lipinski definition) is 1. The van der Waals surface area contributed by atoms with E-state index in [-0.39, 0.29) is 30.6 Å². The Hall–Kier alpha value is -1.30. The van der Waals surface area contributed by atoms with Gasteiger partial charge in [0.1, 0.15) is 5.60 Å². The summed E-state index contributed by atoms with van der Waals surface area (Å²) < 4.78 is 11.2. The fourth-order valence-corrected chi connectivity index (χ4v) is 3.28. The molecule has 2 rings (SSSR count). The molecule has 0 aromatic heterocycles. The van der Waals surface area contributed by atoms with Gasteiger partial charge in [0.15, 0.2) is 6.10 Å². The summed E-state index contributed by atoms with van der Waals surface area (Å²) in [6.07, 6.45) is 5.44. The van der Waals surface area contributed by atoms with Crippen molar-refractivity contribution in [3.05, 3.63) is 0 Å². The second-order valence-electron chi connectivity index (χ2n) is 7.86. The van der Waals surface area contributed by atoms with Gasteiger partial charge in [0.25, 0.3) is 5.91 Å². The van der Waals surface area contributed by atoms with Gasteiger partial charge < -0.3 is 14.8 Å². The Labute approximate surface area is 145 Å². The average Bonchev–Trinajstić information content (AvgIpc) is 2.53.